The van der Waals surface area contributed by atoms with Crippen molar-refractivity contribution >= 4 is 5.91 Å². The van der Waals surface area contributed by atoms with E-state index in [1.807, 2.05) is 41.0 Å². The molecule has 0 bridgehead atoms. The number of carbonyl (C=O) groups is 1. The molecule has 0 fully saturated rings. The van der Waals surface area contributed by atoms with Crippen molar-refractivity contribution in [2.75, 3.05) is 0 Å². The molecule has 4 nitrogen and oxygen atoms in total. The van der Waals surface area contributed by atoms with E-state index in [1.165, 1.54) is 0 Å². The normalized spacial score (nSPS) is 12.9. The molecule has 1 amide bonds. The van der Waals surface area contributed by atoms with Crippen molar-refractivity contribution in [3.63, 3.8) is 0 Å². The molecular weight excluding hydrogens is 300 g/mol. The number of unbranched alkanes of at least 4 members (excludes halogenated alkanes) is 1. The first kappa shape index (κ1) is 16.5. The lowest BCUT2D eigenvalue weighted by Crippen LogP contribution is -2.34. The van der Waals surface area contributed by atoms with Gasteiger partial charge in [0.2, 0.25) is 0 Å². The second-order valence-corrected chi connectivity index (χ2v) is 6.36. The van der Waals surface area contributed by atoms with Crippen LogP contribution >= 0.6 is 0 Å². The number of hydrogen-bond donors (Lipinski definition) is 1. The zero-order valence-electron chi connectivity index (χ0n) is 14.2. The minimum Gasteiger partial charge on any atom is -0.348 e. The van der Waals surface area contributed by atoms with Crippen molar-refractivity contribution in [1.82, 2.24) is 9.88 Å². The molecule has 126 valence electrons. The van der Waals surface area contributed by atoms with E-state index in [0.717, 1.165) is 48.9 Å². The van der Waals surface area contributed by atoms with Crippen LogP contribution in [0.5, 0.6) is 0 Å². The molecule has 1 aliphatic rings. The van der Waals surface area contributed by atoms with E-state index in [4.69, 9.17) is 0 Å². The monoisotopic (exact) mass is 324 g/mol. The number of rotatable bonds is 6. The smallest absolute Gasteiger partial charge is 0.263 e. The Hall–Kier alpha value is -2.36. The van der Waals surface area contributed by atoms with Gasteiger partial charge >= 0.3 is 0 Å². The molecular formula is C20H24N2O2. The zero-order chi connectivity index (χ0) is 16.9. The van der Waals surface area contributed by atoms with Gasteiger partial charge in [0.15, 0.2) is 0 Å². The van der Waals surface area contributed by atoms with Gasteiger partial charge in [0.1, 0.15) is 5.56 Å². The van der Waals surface area contributed by atoms with Gasteiger partial charge in [0.25, 0.3) is 11.5 Å². The van der Waals surface area contributed by atoms with E-state index in [-0.39, 0.29) is 17.0 Å². The van der Waals surface area contributed by atoms with E-state index in [0.29, 0.717) is 13.1 Å². The van der Waals surface area contributed by atoms with Crippen LogP contribution in [0.3, 0.4) is 0 Å². The van der Waals surface area contributed by atoms with Crippen LogP contribution in [0.25, 0.3) is 0 Å². The number of nitrogens with one attached hydrogen (secondary N) is 1. The number of fused-ring (bicyclic) bond motifs is 1. The Morgan fingerprint density at radius 1 is 1.21 bits per heavy atom. The number of aryl methyl sites for hydroxylation is 1. The first-order chi connectivity index (χ1) is 11.7. The summed E-state index contributed by atoms with van der Waals surface area (Å²) in [6.07, 6.45) is 4.96. The van der Waals surface area contributed by atoms with Gasteiger partial charge in [0.05, 0.1) is 0 Å². The SMILES string of the molecule is CCCCn1c2c(cc(C(=O)NCc3ccccc3)c1=O)CCC2. The summed E-state index contributed by atoms with van der Waals surface area (Å²) < 4.78 is 1.84. The molecule has 1 aromatic carbocycles. The summed E-state index contributed by atoms with van der Waals surface area (Å²) in [7, 11) is 0. The van der Waals surface area contributed by atoms with Gasteiger partial charge in [-0.3, -0.25) is 9.59 Å². The highest BCUT2D eigenvalue weighted by Gasteiger charge is 2.21. The van der Waals surface area contributed by atoms with Crippen molar-refractivity contribution in [3.05, 3.63) is 69.1 Å². The first-order valence-corrected chi connectivity index (χ1v) is 8.78. The minimum atomic E-state index is -0.274. The fourth-order valence-corrected chi connectivity index (χ4v) is 3.31. The van der Waals surface area contributed by atoms with Crippen LogP contribution in [0.1, 0.15) is 53.4 Å². The van der Waals surface area contributed by atoms with Crippen molar-refractivity contribution in [3.8, 4) is 0 Å². The van der Waals surface area contributed by atoms with Crippen LogP contribution in [-0.2, 0) is 25.9 Å². The van der Waals surface area contributed by atoms with E-state index < -0.39 is 0 Å². The van der Waals surface area contributed by atoms with Crippen LogP contribution in [0.4, 0.5) is 0 Å². The highest BCUT2D eigenvalue weighted by molar-refractivity contribution is 5.94. The molecule has 0 aliphatic heterocycles. The highest BCUT2D eigenvalue weighted by atomic mass is 16.2. The number of pyridine rings is 1. The largest absolute Gasteiger partial charge is 0.348 e. The van der Waals surface area contributed by atoms with Crippen molar-refractivity contribution in [2.24, 2.45) is 0 Å². The maximum atomic E-state index is 12.8. The fourth-order valence-electron chi connectivity index (χ4n) is 3.31. The van der Waals surface area contributed by atoms with Crippen molar-refractivity contribution in [1.29, 1.82) is 0 Å². The van der Waals surface area contributed by atoms with Crippen molar-refractivity contribution in [2.45, 2.75) is 52.1 Å². The molecule has 4 heteroatoms. The Morgan fingerprint density at radius 2 is 2.00 bits per heavy atom. The Balaban J connectivity index is 1.84. The van der Waals surface area contributed by atoms with Crippen LogP contribution in [0, 0.1) is 0 Å². The summed E-state index contributed by atoms with van der Waals surface area (Å²) in [4.78, 5) is 25.3. The standard InChI is InChI=1S/C20H24N2O2/c1-2-3-12-22-18-11-7-10-16(18)13-17(20(22)24)19(23)21-14-15-8-5-4-6-9-15/h4-6,8-9,13H,2-3,7,10-12,14H2,1H3,(H,21,23). The maximum Gasteiger partial charge on any atom is 0.263 e. The molecule has 1 heterocycles. The summed E-state index contributed by atoms with van der Waals surface area (Å²) in [5.41, 5.74) is 3.46. The summed E-state index contributed by atoms with van der Waals surface area (Å²) >= 11 is 0. The third kappa shape index (κ3) is 3.42. The lowest BCUT2D eigenvalue weighted by molar-refractivity contribution is 0.0948. The van der Waals surface area contributed by atoms with Crippen LogP contribution < -0.4 is 10.9 Å². The van der Waals surface area contributed by atoms with E-state index >= 15 is 0 Å². The predicted molar refractivity (Wildman–Crippen MR) is 95.2 cm³/mol. The van der Waals surface area contributed by atoms with E-state index in [1.54, 1.807) is 0 Å². The van der Waals surface area contributed by atoms with Crippen LogP contribution in [0.2, 0.25) is 0 Å². The molecule has 0 saturated heterocycles. The molecule has 0 unspecified atom stereocenters. The fraction of sp³-hybridized carbons (Fsp3) is 0.400. The second kappa shape index (κ2) is 7.47. The van der Waals surface area contributed by atoms with Gasteiger partial charge in [-0.1, -0.05) is 43.7 Å². The Bertz CT molecular complexity index is 778. The maximum absolute atomic E-state index is 12.8. The lowest BCUT2D eigenvalue weighted by Gasteiger charge is -2.14. The number of aromatic nitrogens is 1. The number of carbonyl (C=O) groups excluding carboxylic acids is 1. The quantitative estimate of drug-likeness (QED) is 0.888. The number of amides is 1. The number of benzene rings is 1. The average Bonchev–Trinajstić information content (AvgIpc) is 3.07. The summed E-state index contributed by atoms with van der Waals surface area (Å²) in [5.74, 6) is -0.274. The highest BCUT2D eigenvalue weighted by Crippen LogP contribution is 2.21. The lowest BCUT2D eigenvalue weighted by atomic mass is 10.1. The molecule has 1 aromatic heterocycles. The second-order valence-electron chi connectivity index (χ2n) is 6.36. The van der Waals surface area contributed by atoms with Gasteiger partial charge < -0.3 is 9.88 Å². The Kier molecular flexibility index (Phi) is 5.14. The molecule has 0 spiro atoms. The molecule has 1 aliphatic carbocycles. The molecule has 1 N–H and O–H groups in total. The molecule has 2 aromatic rings. The summed E-state index contributed by atoms with van der Waals surface area (Å²) in [6, 6.07) is 11.6. The topological polar surface area (TPSA) is 51.1 Å². The molecule has 0 atom stereocenters. The third-order valence-corrected chi connectivity index (χ3v) is 4.63. The predicted octanol–water partition coefficient (Wildman–Crippen LogP) is 3.07. The summed E-state index contributed by atoms with van der Waals surface area (Å²) in [5, 5.41) is 2.88. The number of nitrogens with zero attached hydrogens (tertiary/aromatic N) is 1. The van der Waals surface area contributed by atoms with Gasteiger partial charge in [-0.2, -0.15) is 0 Å². The molecule has 24 heavy (non-hydrogen) atoms. The third-order valence-electron chi connectivity index (χ3n) is 4.63. The van der Waals surface area contributed by atoms with Gasteiger partial charge in [-0.15, -0.1) is 0 Å². The summed E-state index contributed by atoms with van der Waals surface area (Å²) in [6.45, 7) is 3.25. The molecule has 3 rings (SSSR count). The van der Waals surface area contributed by atoms with Gasteiger partial charge in [0, 0.05) is 18.8 Å². The number of hydrogen-bond acceptors (Lipinski definition) is 2. The minimum absolute atomic E-state index is 0.144. The first-order valence-electron chi connectivity index (χ1n) is 8.78. The van der Waals surface area contributed by atoms with E-state index in [9.17, 15) is 9.59 Å². The zero-order valence-corrected chi connectivity index (χ0v) is 14.2. The Labute approximate surface area is 142 Å². The van der Waals surface area contributed by atoms with Gasteiger partial charge in [-0.25, -0.2) is 0 Å². The average molecular weight is 324 g/mol. The van der Waals surface area contributed by atoms with Crippen LogP contribution in [-0.4, -0.2) is 10.5 Å². The molecule has 0 radical (unpaired) electrons. The Morgan fingerprint density at radius 3 is 2.75 bits per heavy atom. The van der Waals surface area contributed by atoms with Gasteiger partial charge in [-0.05, 0) is 42.9 Å². The molecule has 0 saturated carbocycles. The van der Waals surface area contributed by atoms with Crippen molar-refractivity contribution < 1.29 is 4.79 Å². The van der Waals surface area contributed by atoms with Crippen LogP contribution in [0.15, 0.2) is 41.2 Å². The van der Waals surface area contributed by atoms with E-state index in [2.05, 4.69) is 12.2 Å².